The van der Waals surface area contributed by atoms with E-state index in [0.29, 0.717) is 6.42 Å². The minimum Gasteiger partial charge on any atom is -0.480 e. The predicted molar refractivity (Wildman–Crippen MR) is 77.0 cm³/mol. The molecule has 3 unspecified atom stereocenters. The van der Waals surface area contributed by atoms with Gasteiger partial charge in [0, 0.05) is 0 Å². The Balaban J connectivity index is 2.40. The lowest BCUT2D eigenvalue weighted by Crippen LogP contribution is -2.54. The van der Waals surface area contributed by atoms with E-state index >= 15 is 0 Å². The highest BCUT2D eigenvalue weighted by Gasteiger charge is 2.63. The van der Waals surface area contributed by atoms with Crippen LogP contribution in [0.2, 0.25) is 0 Å². The van der Waals surface area contributed by atoms with Gasteiger partial charge in [0.1, 0.15) is 5.41 Å². The summed E-state index contributed by atoms with van der Waals surface area (Å²) in [5.41, 5.74) is -5.08. The van der Waals surface area contributed by atoms with Gasteiger partial charge in [-0.25, -0.2) is 4.79 Å². The normalized spacial score (nSPS) is 33.0. The van der Waals surface area contributed by atoms with Gasteiger partial charge in [0.15, 0.2) is 5.41 Å². The molecule has 1 fully saturated rings. The summed E-state index contributed by atoms with van der Waals surface area (Å²) in [5.74, 6) is -7.04. The second kappa shape index (κ2) is 4.93. The molecule has 0 heterocycles. The Kier molecular flexibility index (Phi) is 3.33. The van der Waals surface area contributed by atoms with E-state index in [9.17, 15) is 39.6 Å². The third-order valence-corrected chi connectivity index (χ3v) is 5.72. The molecule has 4 N–H and O–H groups in total. The molecule has 0 amide bonds. The first-order valence-corrected chi connectivity index (χ1v) is 7.56. The fourth-order valence-electron chi connectivity index (χ4n) is 4.57. The van der Waals surface area contributed by atoms with E-state index < -0.39 is 46.2 Å². The third kappa shape index (κ3) is 1.73. The standard InChI is InChI=1S/C16H16O8/c17-11(18)10-9-8(3-6-16(10,13(21)22)14(23)24)7-1-4-15(9,5-2-7)12(19)20/h1,4,7-8H,2-3,5-6H2,(H,17,18)(H,19,20)(H,21,22)(H,23,24). The molecule has 0 aromatic rings. The van der Waals surface area contributed by atoms with Crippen LogP contribution in [-0.2, 0) is 19.2 Å². The molecule has 0 spiro atoms. The molecule has 8 nitrogen and oxygen atoms in total. The summed E-state index contributed by atoms with van der Waals surface area (Å²) in [7, 11) is 0. The van der Waals surface area contributed by atoms with Crippen molar-refractivity contribution in [2.24, 2.45) is 22.7 Å². The Morgan fingerprint density at radius 2 is 1.54 bits per heavy atom. The highest BCUT2D eigenvalue weighted by Crippen LogP contribution is 2.60. The minimum atomic E-state index is -2.62. The number of hydrogen-bond acceptors (Lipinski definition) is 4. The molecular formula is C16H16O8. The summed E-state index contributed by atoms with van der Waals surface area (Å²) in [6.45, 7) is 0. The average molecular weight is 336 g/mol. The molecule has 2 bridgehead atoms. The second-order valence-corrected chi connectivity index (χ2v) is 6.59. The molecule has 0 aliphatic heterocycles. The van der Waals surface area contributed by atoms with Crippen LogP contribution in [0.25, 0.3) is 0 Å². The zero-order chi connectivity index (χ0) is 17.9. The maximum Gasteiger partial charge on any atom is 0.333 e. The van der Waals surface area contributed by atoms with Crippen LogP contribution < -0.4 is 0 Å². The van der Waals surface area contributed by atoms with Gasteiger partial charge in [0.2, 0.25) is 0 Å². The van der Waals surface area contributed by atoms with E-state index in [4.69, 9.17) is 0 Å². The summed E-state index contributed by atoms with van der Waals surface area (Å²) >= 11 is 0. The van der Waals surface area contributed by atoms with E-state index in [1.807, 2.05) is 0 Å². The summed E-state index contributed by atoms with van der Waals surface area (Å²) in [6, 6.07) is 0. The van der Waals surface area contributed by atoms with Crippen molar-refractivity contribution in [3.63, 3.8) is 0 Å². The van der Waals surface area contributed by atoms with E-state index in [0.717, 1.165) is 0 Å². The molecule has 4 rings (SSSR count). The summed E-state index contributed by atoms with van der Waals surface area (Å²) in [4.78, 5) is 47.3. The first-order chi connectivity index (χ1) is 11.2. The topological polar surface area (TPSA) is 149 Å². The number of carboxylic acid groups (broad SMARTS) is 4. The first-order valence-electron chi connectivity index (χ1n) is 7.56. The molecule has 4 aliphatic rings. The van der Waals surface area contributed by atoms with Gasteiger partial charge in [-0.2, -0.15) is 0 Å². The van der Waals surface area contributed by atoms with Crippen molar-refractivity contribution in [3.8, 4) is 0 Å². The Labute approximate surface area is 136 Å². The maximum absolute atomic E-state index is 11.9. The number of hydrogen-bond donors (Lipinski definition) is 4. The number of fused-ring (bicyclic) bond motifs is 1. The van der Waals surface area contributed by atoms with Crippen LogP contribution >= 0.6 is 0 Å². The van der Waals surface area contributed by atoms with Gasteiger partial charge in [0.05, 0.1) is 5.57 Å². The lowest BCUT2D eigenvalue weighted by atomic mass is 9.50. The molecule has 24 heavy (non-hydrogen) atoms. The van der Waals surface area contributed by atoms with Crippen molar-refractivity contribution in [2.75, 3.05) is 0 Å². The van der Waals surface area contributed by atoms with Crippen LogP contribution in [0, 0.1) is 22.7 Å². The third-order valence-electron chi connectivity index (χ3n) is 5.72. The molecular weight excluding hydrogens is 320 g/mol. The Hall–Kier alpha value is -2.64. The number of allylic oxidation sites excluding steroid dienone is 1. The van der Waals surface area contributed by atoms with Gasteiger partial charge >= 0.3 is 23.9 Å². The van der Waals surface area contributed by atoms with Crippen molar-refractivity contribution in [3.05, 3.63) is 23.3 Å². The van der Waals surface area contributed by atoms with Crippen LogP contribution in [0.4, 0.5) is 0 Å². The largest absolute Gasteiger partial charge is 0.480 e. The molecule has 1 saturated carbocycles. The van der Waals surface area contributed by atoms with Crippen molar-refractivity contribution >= 4 is 23.9 Å². The van der Waals surface area contributed by atoms with Crippen molar-refractivity contribution < 1.29 is 39.6 Å². The fourth-order valence-corrected chi connectivity index (χ4v) is 4.57. The summed E-state index contributed by atoms with van der Waals surface area (Å²) < 4.78 is 0. The van der Waals surface area contributed by atoms with Crippen LogP contribution in [0.3, 0.4) is 0 Å². The van der Waals surface area contributed by atoms with Crippen molar-refractivity contribution in [1.29, 1.82) is 0 Å². The Morgan fingerprint density at radius 1 is 0.917 bits per heavy atom. The molecule has 0 aromatic carbocycles. The Morgan fingerprint density at radius 3 is 1.96 bits per heavy atom. The number of carboxylic acids is 4. The van der Waals surface area contributed by atoms with Gasteiger partial charge in [0.25, 0.3) is 0 Å². The molecule has 0 saturated heterocycles. The van der Waals surface area contributed by atoms with Crippen LogP contribution in [0.1, 0.15) is 25.7 Å². The quantitative estimate of drug-likeness (QED) is 0.438. The highest BCUT2D eigenvalue weighted by molar-refractivity contribution is 6.11. The SMILES string of the molecule is O=C(O)C1=C2C(CCC1(C(=O)O)C(=O)O)C1C=CC2(C(=O)O)CC1. The lowest BCUT2D eigenvalue weighted by molar-refractivity contribution is -0.166. The lowest BCUT2D eigenvalue weighted by Gasteiger charge is -2.51. The van der Waals surface area contributed by atoms with Crippen molar-refractivity contribution in [2.45, 2.75) is 25.7 Å². The molecule has 8 heteroatoms. The molecule has 0 radical (unpaired) electrons. The van der Waals surface area contributed by atoms with Crippen LogP contribution in [0.15, 0.2) is 23.3 Å². The van der Waals surface area contributed by atoms with E-state index in [1.165, 1.54) is 6.08 Å². The Bertz CT molecular complexity index is 716. The highest BCUT2D eigenvalue weighted by atomic mass is 16.4. The smallest absolute Gasteiger partial charge is 0.333 e. The van der Waals surface area contributed by atoms with Gasteiger partial charge in [-0.1, -0.05) is 12.2 Å². The fraction of sp³-hybridized carbons (Fsp3) is 0.500. The number of rotatable bonds is 4. The molecule has 3 atom stereocenters. The maximum atomic E-state index is 11.9. The molecule has 4 aliphatic carbocycles. The predicted octanol–water partition coefficient (Wildman–Crippen LogP) is 0.984. The zero-order valence-electron chi connectivity index (χ0n) is 12.6. The molecule has 128 valence electrons. The monoisotopic (exact) mass is 336 g/mol. The number of aliphatic carboxylic acids is 4. The average Bonchev–Trinajstić information content (AvgIpc) is 2.53. The summed E-state index contributed by atoms with van der Waals surface area (Å²) in [6.07, 6.45) is 3.60. The zero-order valence-corrected chi connectivity index (χ0v) is 12.6. The van der Waals surface area contributed by atoms with Crippen LogP contribution in [-0.4, -0.2) is 44.3 Å². The van der Waals surface area contributed by atoms with Gasteiger partial charge < -0.3 is 20.4 Å². The van der Waals surface area contributed by atoms with E-state index in [-0.39, 0.29) is 30.8 Å². The van der Waals surface area contributed by atoms with Gasteiger partial charge in [-0.15, -0.1) is 0 Å². The summed E-state index contributed by atoms with van der Waals surface area (Å²) in [5, 5.41) is 38.4. The van der Waals surface area contributed by atoms with E-state index in [1.54, 1.807) is 6.08 Å². The minimum absolute atomic E-state index is 0.0442. The van der Waals surface area contributed by atoms with Gasteiger partial charge in [-0.05, 0) is 43.1 Å². The van der Waals surface area contributed by atoms with E-state index in [2.05, 4.69) is 0 Å². The molecule has 0 aromatic heterocycles. The number of carbonyl (C=O) groups is 4. The van der Waals surface area contributed by atoms with Crippen molar-refractivity contribution in [1.82, 2.24) is 0 Å². The first kappa shape index (κ1) is 16.2. The van der Waals surface area contributed by atoms with Gasteiger partial charge in [-0.3, -0.25) is 14.4 Å². The second-order valence-electron chi connectivity index (χ2n) is 6.59. The van der Waals surface area contributed by atoms with Crippen LogP contribution in [0.5, 0.6) is 0 Å².